The smallest absolute Gasteiger partial charge is 0.202 e. The van der Waals surface area contributed by atoms with E-state index in [2.05, 4.69) is 31.9 Å². The van der Waals surface area contributed by atoms with E-state index >= 15 is 0 Å². The van der Waals surface area contributed by atoms with Gasteiger partial charge in [0.2, 0.25) is 5.78 Å². The SMILES string of the molecule is O=C(Cc1ccc(Br)cc1Cl)c1cc2cccc(Br)c2o1. The summed E-state index contributed by atoms with van der Waals surface area (Å²) in [4.78, 5) is 12.4. The van der Waals surface area contributed by atoms with Gasteiger partial charge in [0, 0.05) is 21.3 Å². The molecule has 5 heteroatoms. The summed E-state index contributed by atoms with van der Waals surface area (Å²) in [6, 6.07) is 12.9. The number of carbonyl (C=O) groups is 1. The highest BCUT2D eigenvalue weighted by molar-refractivity contribution is 9.11. The van der Waals surface area contributed by atoms with Crippen molar-refractivity contribution in [2.24, 2.45) is 0 Å². The van der Waals surface area contributed by atoms with Gasteiger partial charge in [-0.15, -0.1) is 0 Å². The van der Waals surface area contributed by atoms with Gasteiger partial charge < -0.3 is 4.42 Å². The van der Waals surface area contributed by atoms with Gasteiger partial charge in [0.15, 0.2) is 5.76 Å². The Morgan fingerprint density at radius 1 is 1.14 bits per heavy atom. The first-order chi connectivity index (χ1) is 10.0. The Morgan fingerprint density at radius 2 is 1.95 bits per heavy atom. The predicted octanol–water partition coefficient (Wildman–Crippen LogP) is 6.04. The Morgan fingerprint density at radius 3 is 2.67 bits per heavy atom. The van der Waals surface area contributed by atoms with Crippen LogP contribution in [0.5, 0.6) is 0 Å². The normalized spacial score (nSPS) is 11.0. The van der Waals surface area contributed by atoms with Gasteiger partial charge in [0.1, 0.15) is 5.58 Å². The predicted molar refractivity (Wildman–Crippen MR) is 91.1 cm³/mol. The second kappa shape index (κ2) is 5.95. The number of halogens is 3. The molecule has 0 unspecified atom stereocenters. The van der Waals surface area contributed by atoms with Crippen LogP contribution >= 0.6 is 43.5 Å². The molecule has 1 aromatic heterocycles. The zero-order valence-corrected chi connectivity index (χ0v) is 14.6. The zero-order chi connectivity index (χ0) is 15.0. The third-order valence-corrected chi connectivity index (χ3v) is 4.61. The van der Waals surface area contributed by atoms with E-state index in [9.17, 15) is 4.79 Å². The summed E-state index contributed by atoms with van der Waals surface area (Å²) in [5.74, 6) is 0.248. The fourth-order valence-electron chi connectivity index (χ4n) is 2.09. The number of carbonyl (C=O) groups excluding carboxylic acids is 1. The van der Waals surface area contributed by atoms with Crippen LogP contribution in [-0.4, -0.2) is 5.78 Å². The number of rotatable bonds is 3. The van der Waals surface area contributed by atoms with Crippen LogP contribution < -0.4 is 0 Å². The minimum atomic E-state index is -0.0951. The first-order valence-corrected chi connectivity index (χ1v) is 8.16. The molecule has 0 radical (unpaired) electrons. The number of furan rings is 1. The minimum absolute atomic E-state index is 0.0951. The van der Waals surface area contributed by atoms with Crippen LogP contribution in [0.2, 0.25) is 5.02 Å². The zero-order valence-electron chi connectivity index (χ0n) is 10.7. The molecule has 0 atom stereocenters. The minimum Gasteiger partial charge on any atom is -0.452 e. The molecule has 0 N–H and O–H groups in total. The van der Waals surface area contributed by atoms with Crippen molar-refractivity contribution >= 4 is 60.2 Å². The lowest BCUT2D eigenvalue weighted by Gasteiger charge is -2.02. The molecule has 0 saturated heterocycles. The van der Waals surface area contributed by atoms with Crippen LogP contribution in [0.1, 0.15) is 16.1 Å². The van der Waals surface area contributed by atoms with E-state index in [1.54, 1.807) is 12.1 Å². The van der Waals surface area contributed by atoms with Crippen molar-refractivity contribution in [3.05, 3.63) is 67.8 Å². The lowest BCUT2D eigenvalue weighted by Crippen LogP contribution is -2.02. The van der Waals surface area contributed by atoms with Gasteiger partial charge in [-0.25, -0.2) is 0 Å². The molecule has 2 nitrogen and oxygen atoms in total. The quantitative estimate of drug-likeness (QED) is 0.476. The number of hydrogen-bond donors (Lipinski definition) is 0. The molecule has 0 aliphatic carbocycles. The average Bonchev–Trinajstić information content (AvgIpc) is 2.87. The van der Waals surface area contributed by atoms with Gasteiger partial charge in [0.05, 0.1) is 4.47 Å². The first-order valence-electron chi connectivity index (χ1n) is 6.20. The fourth-order valence-corrected chi connectivity index (χ4v) is 3.29. The first kappa shape index (κ1) is 14.8. The van der Waals surface area contributed by atoms with Gasteiger partial charge in [-0.05, 0) is 45.8 Å². The largest absolute Gasteiger partial charge is 0.452 e. The van der Waals surface area contributed by atoms with Crippen LogP contribution in [0.25, 0.3) is 11.0 Å². The monoisotopic (exact) mass is 426 g/mol. The Kier molecular flexibility index (Phi) is 4.20. The van der Waals surface area contributed by atoms with E-state index in [0.29, 0.717) is 16.4 Å². The Bertz CT molecular complexity index is 839. The third-order valence-electron chi connectivity index (χ3n) is 3.14. The summed E-state index contributed by atoms with van der Waals surface area (Å²) >= 11 is 12.9. The van der Waals surface area contributed by atoms with Crippen LogP contribution in [0.15, 0.2) is 55.8 Å². The molecule has 3 rings (SSSR count). The molecule has 0 aliphatic rings. The Hall–Kier alpha value is -1.10. The van der Waals surface area contributed by atoms with E-state index in [4.69, 9.17) is 16.0 Å². The number of para-hydroxylation sites is 1. The number of benzene rings is 2. The second-order valence-corrected chi connectivity index (χ2v) is 6.78. The van der Waals surface area contributed by atoms with Crippen molar-refractivity contribution in [2.45, 2.75) is 6.42 Å². The molecule has 0 fully saturated rings. The van der Waals surface area contributed by atoms with Crippen molar-refractivity contribution in [2.75, 3.05) is 0 Å². The summed E-state index contributed by atoms with van der Waals surface area (Å²) in [6.45, 7) is 0. The molecule has 1 heterocycles. The standard InChI is InChI=1S/C16H9Br2ClO2/c17-11-5-4-9(13(19)8-11)6-14(20)15-7-10-2-1-3-12(18)16(10)21-15/h1-5,7-8H,6H2. The van der Waals surface area contributed by atoms with Gasteiger partial charge in [0.25, 0.3) is 0 Å². The van der Waals surface area contributed by atoms with Crippen LogP contribution in [0.4, 0.5) is 0 Å². The fraction of sp³-hybridized carbons (Fsp3) is 0.0625. The average molecular weight is 429 g/mol. The molecule has 0 saturated carbocycles. The lowest BCUT2D eigenvalue weighted by atomic mass is 10.1. The maximum Gasteiger partial charge on any atom is 0.202 e. The Balaban J connectivity index is 1.92. The summed E-state index contributed by atoms with van der Waals surface area (Å²) < 4.78 is 7.37. The lowest BCUT2D eigenvalue weighted by molar-refractivity contribution is 0.0968. The molecule has 2 aromatic carbocycles. The second-order valence-electron chi connectivity index (χ2n) is 4.60. The van der Waals surface area contributed by atoms with Crippen molar-refractivity contribution in [3.8, 4) is 0 Å². The summed E-state index contributed by atoms with van der Waals surface area (Å²) in [6.07, 6.45) is 0.212. The number of ketones is 1. The van der Waals surface area contributed by atoms with Gasteiger partial charge in [-0.1, -0.05) is 45.7 Å². The van der Waals surface area contributed by atoms with Crippen LogP contribution in [-0.2, 0) is 6.42 Å². The van der Waals surface area contributed by atoms with Crippen LogP contribution in [0, 0.1) is 0 Å². The van der Waals surface area contributed by atoms with E-state index in [-0.39, 0.29) is 12.2 Å². The van der Waals surface area contributed by atoms with E-state index < -0.39 is 0 Å². The molecule has 0 spiro atoms. The van der Waals surface area contributed by atoms with Crippen molar-refractivity contribution in [1.29, 1.82) is 0 Å². The number of hydrogen-bond acceptors (Lipinski definition) is 2. The van der Waals surface area contributed by atoms with E-state index in [0.717, 1.165) is 19.9 Å². The van der Waals surface area contributed by atoms with Crippen molar-refractivity contribution in [3.63, 3.8) is 0 Å². The summed E-state index contributed by atoms with van der Waals surface area (Å²) in [7, 11) is 0. The third kappa shape index (κ3) is 3.07. The topological polar surface area (TPSA) is 30.2 Å². The van der Waals surface area contributed by atoms with Crippen LogP contribution in [0.3, 0.4) is 0 Å². The summed E-state index contributed by atoms with van der Waals surface area (Å²) in [5.41, 5.74) is 1.46. The van der Waals surface area contributed by atoms with E-state index in [1.807, 2.05) is 30.3 Å². The molecule has 0 aliphatic heterocycles. The van der Waals surface area contributed by atoms with Gasteiger partial charge in [-0.3, -0.25) is 4.79 Å². The maximum absolute atomic E-state index is 12.4. The van der Waals surface area contributed by atoms with Gasteiger partial charge in [-0.2, -0.15) is 0 Å². The highest BCUT2D eigenvalue weighted by Crippen LogP contribution is 2.28. The van der Waals surface area contributed by atoms with Crippen molar-refractivity contribution < 1.29 is 9.21 Å². The highest BCUT2D eigenvalue weighted by Gasteiger charge is 2.15. The molecule has 0 amide bonds. The molecular formula is C16H9Br2ClO2. The maximum atomic E-state index is 12.4. The molecule has 3 aromatic rings. The molecule has 106 valence electrons. The Labute approximate surface area is 143 Å². The highest BCUT2D eigenvalue weighted by atomic mass is 79.9. The number of Topliss-reactive ketones (excluding diaryl/α,β-unsaturated/α-hetero) is 1. The molecule has 21 heavy (non-hydrogen) atoms. The van der Waals surface area contributed by atoms with E-state index in [1.165, 1.54) is 0 Å². The van der Waals surface area contributed by atoms with Crippen molar-refractivity contribution in [1.82, 2.24) is 0 Å². The summed E-state index contributed by atoms with van der Waals surface area (Å²) in [5, 5.41) is 1.46. The number of fused-ring (bicyclic) bond motifs is 1. The molecule has 0 bridgehead atoms. The molecular weight excluding hydrogens is 419 g/mol. The van der Waals surface area contributed by atoms with Gasteiger partial charge >= 0.3 is 0 Å².